The first-order chi connectivity index (χ1) is 9.19. The fourth-order valence-electron chi connectivity index (χ4n) is 1.79. The van der Waals surface area contributed by atoms with Gasteiger partial charge in [-0.2, -0.15) is 5.10 Å². The van der Waals surface area contributed by atoms with Crippen molar-refractivity contribution in [3.63, 3.8) is 0 Å². The smallest absolute Gasteiger partial charge is 0.271 e. The van der Waals surface area contributed by atoms with Gasteiger partial charge in [-0.05, 0) is 42.7 Å². The second-order valence-electron chi connectivity index (χ2n) is 4.34. The standard InChI is InChI=1S/C15H16N2O2/c1-2-11-3-4-12(9-11)10-16-17-15(19)13-5-7-14(18)8-6-13/h3-8,10,18H,2,9H2,1H3,(H,17,19)/b16-10+. The van der Waals surface area contributed by atoms with Gasteiger partial charge in [-0.1, -0.05) is 24.6 Å². The van der Waals surface area contributed by atoms with E-state index in [0.29, 0.717) is 5.56 Å². The summed E-state index contributed by atoms with van der Waals surface area (Å²) in [5.74, 6) is -0.159. The van der Waals surface area contributed by atoms with E-state index >= 15 is 0 Å². The minimum Gasteiger partial charge on any atom is -0.508 e. The molecule has 1 amide bonds. The van der Waals surface area contributed by atoms with Gasteiger partial charge in [-0.25, -0.2) is 5.43 Å². The first kappa shape index (κ1) is 13.1. The number of phenolic OH excluding ortho intramolecular Hbond substituents is 1. The number of allylic oxidation sites excluding steroid dienone is 4. The molecule has 1 aliphatic carbocycles. The molecule has 2 rings (SSSR count). The molecule has 19 heavy (non-hydrogen) atoms. The maximum atomic E-state index is 11.7. The largest absolute Gasteiger partial charge is 0.508 e. The van der Waals surface area contributed by atoms with Crippen LogP contribution in [-0.2, 0) is 0 Å². The zero-order valence-electron chi connectivity index (χ0n) is 10.8. The van der Waals surface area contributed by atoms with Crippen LogP contribution in [0.15, 0.2) is 52.7 Å². The van der Waals surface area contributed by atoms with Gasteiger partial charge in [-0.15, -0.1) is 0 Å². The zero-order valence-corrected chi connectivity index (χ0v) is 10.8. The molecule has 4 nitrogen and oxygen atoms in total. The van der Waals surface area contributed by atoms with Crippen molar-refractivity contribution in [2.24, 2.45) is 5.10 Å². The Labute approximate surface area is 112 Å². The Hall–Kier alpha value is -2.36. The van der Waals surface area contributed by atoms with E-state index in [2.05, 4.69) is 23.5 Å². The van der Waals surface area contributed by atoms with Gasteiger partial charge in [0.1, 0.15) is 5.75 Å². The van der Waals surface area contributed by atoms with Crippen molar-refractivity contribution in [1.82, 2.24) is 5.43 Å². The van der Waals surface area contributed by atoms with Gasteiger partial charge in [-0.3, -0.25) is 4.79 Å². The molecule has 0 fully saturated rings. The zero-order chi connectivity index (χ0) is 13.7. The lowest BCUT2D eigenvalue weighted by molar-refractivity contribution is 0.0955. The number of nitrogens with zero attached hydrogens (tertiary/aromatic N) is 1. The average molecular weight is 256 g/mol. The third kappa shape index (κ3) is 3.55. The number of hydrogen-bond acceptors (Lipinski definition) is 3. The number of phenols is 1. The summed E-state index contributed by atoms with van der Waals surface area (Å²) >= 11 is 0. The van der Waals surface area contributed by atoms with Crippen molar-refractivity contribution in [2.45, 2.75) is 19.8 Å². The summed E-state index contributed by atoms with van der Waals surface area (Å²) in [6, 6.07) is 6.03. The van der Waals surface area contributed by atoms with Crippen LogP contribution in [0.3, 0.4) is 0 Å². The van der Waals surface area contributed by atoms with Crippen molar-refractivity contribution < 1.29 is 9.90 Å². The van der Waals surface area contributed by atoms with E-state index in [9.17, 15) is 4.79 Å². The van der Waals surface area contributed by atoms with Crippen LogP contribution in [-0.4, -0.2) is 17.2 Å². The maximum absolute atomic E-state index is 11.7. The lowest BCUT2D eigenvalue weighted by atomic mass is 10.1. The number of nitrogens with one attached hydrogen (secondary N) is 1. The van der Waals surface area contributed by atoms with E-state index < -0.39 is 0 Å². The van der Waals surface area contributed by atoms with Crippen LogP contribution < -0.4 is 5.43 Å². The molecule has 1 aliphatic rings. The molecule has 4 heteroatoms. The highest BCUT2D eigenvalue weighted by Gasteiger charge is 2.05. The molecule has 0 bridgehead atoms. The number of aromatic hydroxyl groups is 1. The van der Waals surface area contributed by atoms with Gasteiger partial charge in [0.15, 0.2) is 0 Å². The minimum atomic E-state index is -0.293. The van der Waals surface area contributed by atoms with E-state index in [-0.39, 0.29) is 11.7 Å². The second-order valence-corrected chi connectivity index (χ2v) is 4.34. The van der Waals surface area contributed by atoms with Crippen LogP contribution >= 0.6 is 0 Å². The SMILES string of the molecule is CCC1=CC=C(/C=N/NC(=O)c2ccc(O)cc2)C1. The molecular formula is C15H16N2O2. The van der Waals surface area contributed by atoms with Crippen LogP contribution in [0.25, 0.3) is 0 Å². The van der Waals surface area contributed by atoms with Crippen LogP contribution in [0.1, 0.15) is 30.1 Å². The van der Waals surface area contributed by atoms with Crippen LogP contribution in [0, 0.1) is 0 Å². The highest BCUT2D eigenvalue weighted by molar-refractivity contribution is 5.95. The molecule has 0 heterocycles. The minimum absolute atomic E-state index is 0.134. The van der Waals surface area contributed by atoms with Crippen molar-refractivity contribution in [1.29, 1.82) is 0 Å². The number of carbonyl (C=O) groups excluding carboxylic acids is 1. The van der Waals surface area contributed by atoms with E-state index in [1.807, 2.05) is 6.08 Å². The van der Waals surface area contributed by atoms with Gasteiger partial charge in [0.25, 0.3) is 5.91 Å². The van der Waals surface area contributed by atoms with Crippen molar-refractivity contribution in [2.75, 3.05) is 0 Å². The lowest BCUT2D eigenvalue weighted by Crippen LogP contribution is -2.17. The van der Waals surface area contributed by atoms with E-state index in [1.165, 1.54) is 17.7 Å². The summed E-state index contributed by atoms with van der Waals surface area (Å²) in [6.07, 6.45) is 7.69. The highest BCUT2D eigenvalue weighted by Crippen LogP contribution is 2.19. The molecule has 0 saturated heterocycles. The fraction of sp³-hybridized carbons (Fsp3) is 0.200. The number of benzene rings is 1. The highest BCUT2D eigenvalue weighted by atomic mass is 16.3. The fourth-order valence-corrected chi connectivity index (χ4v) is 1.79. The Morgan fingerprint density at radius 3 is 2.74 bits per heavy atom. The molecular weight excluding hydrogens is 240 g/mol. The molecule has 0 unspecified atom stereocenters. The molecule has 0 spiro atoms. The number of hydrazone groups is 1. The van der Waals surface area contributed by atoms with Gasteiger partial charge in [0.05, 0.1) is 6.21 Å². The molecule has 0 atom stereocenters. The maximum Gasteiger partial charge on any atom is 0.271 e. The number of amides is 1. The predicted molar refractivity (Wildman–Crippen MR) is 75.1 cm³/mol. The Kier molecular flexibility index (Phi) is 4.13. The van der Waals surface area contributed by atoms with Crippen molar-refractivity contribution in [3.05, 3.63) is 53.1 Å². The summed E-state index contributed by atoms with van der Waals surface area (Å²) in [7, 11) is 0. The van der Waals surface area contributed by atoms with Gasteiger partial charge in [0, 0.05) is 5.56 Å². The molecule has 0 radical (unpaired) electrons. The second kappa shape index (κ2) is 6.00. The van der Waals surface area contributed by atoms with E-state index in [1.54, 1.807) is 18.3 Å². The average Bonchev–Trinajstić information content (AvgIpc) is 2.87. The molecule has 0 aromatic heterocycles. The first-order valence-corrected chi connectivity index (χ1v) is 6.20. The Morgan fingerprint density at radius 1 is 1.37 bits per heavy atom. The summed E-state index contributed by atoms with van der Waals surface area (Å²) in [6.45, 7) is 2.12. The molecule has 2 N–H and O–H groups in total. The summed E-state index contributed by atoms with van der Waals surface area (Å²) in [4.78, 5) is 11.7. The van der Waals surface area contributed by atoms with E-state index in [4.69, 9.17) is 5.11 Å². The lowest BCUT2D eigenvalue weighted by Gasteiger charge is -2.00. The summed E-state index contributed by atoms with van der Waals surface area (Å²) < 4.78 is 0. The molecule has 98 valence electrons. The monoisotopic (exact) mass is 256 g/mol. The number of carbonyl (C=O) groups is 1. The third-order valence-electron chi connectivity index (χ3n) is 2.94. The topological polar surface area (TPSA) is 61.7 Å². The summed E-state index contributed by atoms with van der Waals surface area (Å²) in [5, 5.41) is 13.1. The van der Waals surface area contributed by atoms with Crippen LogP contribution in [0.5, 0.6) is 5.75 Å². The Bertz CT molecular complexity index is 554. The normalized spacial score (nSPS) is 14.4. The molecule has 0 aliphatic heterocycles. The van der Waals surface area contributed by atoms with Crippen molar-refractivity contribution >= 4 is 12.1 Å². The van der Waals surface area contributed by atoms with Gasteiger partial charge in [0.2, 0.25) is 0 Å². The third-order valence-corrected chi connectivity index (χ3v) is 2.94. The number of hydrogen-bond donors (Lipinski definition) is 2. The first-order valence-electron chi connectivity index (χ1n) is 6.20. The van der Waals surface area contributed by atoms with Crippen molar-refractivity contribution in [3.8, 4) is 5.75 Å². The Morgan fingerprint density at radius 2 is 2.11 bits per heavy atom. The number of rotatable bonds is 4. The Balaban J connectivity index is 1.86. The van der Waals surface area contributed by atoms with Gasteiger partial charge < -0.3 is 5.11 Å². The van der Waals surface area contributed by atoms with E-state index in [0.717, 1.165) is 18.4 Å². The molecule has 1 aromatic carbocycles. The van der Waals surface area contributed by atoms with Crippen LogP contribution in [0.2, 0.25) is 0 Å². The quantitative estimate of drug-likeness (QED) is 0.642. The predicted octanol–water partition coefficient (Wildman–Crippen LogP) is 2.77. The van der Waals surface area contributed by atoms with Gasteiger partial charge >= 0.3 is 0 Å². The van der Waals surface area contributed by atoms with Crippen LogP contribution in [0.4, 0.5) is 0 Å². The summed E-state index contributed by atoms with van der Waals surface area (Å²) in [5.41, 5.74) is 5.38. The molecule has 1 aromatic rings. The molecule has 0 saturated carbocycles.